The van der Waals surface area contributed by atoms with Crippen molar-refractivity contribution in [2.75, 3.05) is 24.2 Å². The number of carbonyl (C=O) groups excluding carboxylic acids is 2. The largest absolute Gasteiger partial charge is 0.497 e. The van der Waals surface area contributed by atoms with E-state index in [0.29, 0.717) is 17.9 Å². The first-order valence-electron chi connectivity index (χ1n) is 16.3. The Balaban J connectivity index is 1.40. The zero-order valence-electron chi connectivity index (χ0n) is 26.9. The van der Waals surface area contributed by atoms with Crippen LogP contribution in [-0.2, 0) is 31.6 Å². The van der Waals surface area contributed by atoms with E-state index in [0.717, 1.165) is 36.0 Å². The van der Waals surface area contributed by atoms with E-state index in [4.69, 9.17) is 4.74 Å². The molecule has 0 unspecified atom stereocenters. The van der Waals surface area contributed by atoms with Gasteiger partial charge in [-0.05, 0) is 117 Å². The second kappa shape index (κ2) is 13.1. The van der Waals surface area contributed by atoms with Gasteiger partial charge < -0.3 is 15.0 Å². The Kier molecular flexibility index (Phi) is 9.64. The van der Waals surface area contributed by atoms with Gasteiger partial charge in [0.15, 0.2) is 0 Å². The maximum Gasteiger partial charge on any atom is 0.244 e. The summed E-state index contributed by atoms with van der Waals surface area (Å²) >= 11 is 0. The molecule has 0 spiro atoms. The minimum Gasteiger partial charge on any atom is -0.497 e. The molecule has 4 bridgehead atoms. The van der Waals surface area contributed by atoms with Crippen LogP contribution in [-0.4, -0.2) is 57.1 Å². The highest BCUT2D eigenvalue weighted by molar-refractivity contribution is 7.92. The van der Waals surface area contributed by atoms with Gasteiger partial charge in [-0.1, -0.05) is 38.1 Å². The summed E-state index contributed by atoms with van der Waals surface area (Å²) in [5, 5.41) is 3.01. The van der Waals surface area contributed by atoms with Gasteiger partial charge in [-0.15, -0.1) is 0 Å². The maximum absolute atomic E-state index is 14.1. The number of sulfonamides is 1. The van der Waals surface area contributed by atoms with Crippen molar-refractivity contribution in [2.45, 2.75) is 96.2 Å². The molecule has 0 aliphatic heterocycles. The SMILES string of the molecule is CC[C@@H](C)NC(=O)[C@H](CC)N(Cc1ccc(OC)cc1)C(=O)CN(c1ccc(C23CC4CC(CC(C4)C2)C3)cc1)S(C)(=O)=O. The number of ether oxygens (including phenoxy) is 1. The molecule has 2 aromatic carbocycles. The first-order chi connectivity index (χ1) is 20.9. The molecular weight excluding hydrogens is 574 g/mol. The number of rotatable bonds is 13. The number of methoxy groups -OCH3 is 1. The van der Waals surface area contributed by atoms with Gasteiger partial charge in [-0.25, -0.2) is 8.42 Å². The predicted octanol–water partition coefficient (Wildman–Crippen LogP) is 5.65. The van der Waals surface area contributed by atoms with Gasteiger partial charge in [0.05, 0.1) is 19.1 Å². The van der Waals surface area contributed by atoms with E-state index in [2.05, 4.69) is 17.4 Å². The molecule has 0 heterocycles. The lowest BCUT2D eigenvalue weighted by Gasteiger charge is -2.57. The zero-order chi connectivity index (χ0) is 31.6. The number of amides is 2. The standard InChI is InChI=1S/C35H49N3O5S/c1-6-24(3)36-34(40)32(7-2)37(22-25-8-14-31(43-4)15-9-25)33(39)23-38(44(5,41)42)30-12-10-29(11-13-30)35-19-26-16-27(20-35)18-28(17-26)21-35/h8-15,24,26-28,32H,6-7,16-23H2,1-5H3,(H,36,40)/t24-,26?,27?,28?,32+,35?/m1/s1. The number of nitrogens with zero attached hydrogens (tertiary/aromatic N) is 2. The summed E-state index contributed by atoms with van der Waals surface area (Å²) in [4.78, 5) is 29.0. The summed E-state index contributed by atoms with van der Waals surface area (Å²) < 4.78 is 32.8. The lowest BCUT2D eigenvalue weighted by atomic mass is 9.48. The fraction of sp³-hybridized carbons (Fsp3) is 0.600. The van der Waals surface area contributed by atoms with Crippen molar-refractivity contribution in [1.29, 1.82) is 0 Å². The molecule has 4 saturated carbocycles. The second-order valence-corrected chi connectivity index (χ2v) is 15.5. The van der Waals surface area contributed by atoms with Crippen molar-refractivity contribution < 1.29 is 22.7 Å². The molecule has 240 valence electrons. The van der Waals surface area contributed by atoms with Crippen molar-refractivity contribution in [1.82, 2.24) is 10.2 Å². The summed E-state index contributed by atoms with van der Waals surface area (Å²) in [6.07, 6.45) is 10.1. The van der Waals surface area contributed by atoms with E-state index < -0.39 is 28.5 Å². The summed E-state index contributed by atoms with van der Waals surface area (Å²) in [5.74, 6) is 2.45. The molecule has 0 aromatic heterocycles. The highest BCUT2D eigenvalue weighted by atomic mass is 32.2. The van der Waals surface area contributed by atoms with Crippen molar-refractivity contribution in [3.8, 4) is 5.75 Å². The van der Waals surface area contributed by atoms with Gasteiger partial charge in [0, 0.05) is 12.6 Å². The van der Waals surface area contributed by atoms with E-state index in [9.17, 15) is 18.0 Å². The Morgan fingerprint density at radius 1 is 0.932 bits per heavy atom. The number of benzene rings is 2. The smallest absolute Gasteiger partial charge is 0.244 e. The van der Waals surface area contributed by atoms with Crippen LogP contribution in [0.2, 0.25) is 0 Å². The molecule has 6 rings (SSSR count). The summed E-state index contributed by atoms with van der Waals surface area (Å²) in [5.41, 5.74) is 2.79. The molecule has 44 heavy (non-hydrogen) atoms. The fourth-order valence-electron chi connectivity index (χ4n) is 8.35. The highest BCUT2D eigenvalue weighted by Crippen LogP contribution is 2.60. The monoisotopic (exact) mass is 623 g/mol. The molecule has 4 aliphatic carbocycles. The number of carbonyl (C=O) groups is 2. The van der Waals surface area contributed by atoms with Crippen LogP contribution in [0, 0.1) is 17.8 Å². The molecule has 0 saturated heterocycles. The van der Waals surface area contributed by atoms with E-state index >= 15 is 0 Å². The first kappa shape index (κ1) is 32.3. The Bertz CT molecular complexity index is 1390. The van der Waals surface area contributed by atoms with Gasteiger partial charge in [-0.2, -0.15) is 0 Å². The van der Waals surface area contributed by atoms with Gasteiger partial charge in [0.1, 0.15) is 18.3 Å². The van der Waals surface area contributed by atoms with E-state index in [1.165, 1.54) is 53.3 Å². The lowest BCUT2D eigenvalue weighted by Crippen LogP contribution is -2.53. The molecule has 8 nitrogen and oxygen atoms in total. The number of nitrogens with one attached hydrogen (secondary N) is 1. The van der Waals surface area contributed by atoms with E-state index in [1.807, 2.05) is 57.2 Å². The molecular formula is C35H49N3O5S. The van der Waals surface area contributed by atoms with Gasteiger partial charge >= 0.3 is 0 Å². The molecule has 2 atom stereocenters. The van der Waals surface area contributed by atoms with Crippen LogP contribution in [0.3, 0.4) is 0 Å². The normalized spacial score (nSPS) is 25.2. The lowest BCUT2D eigenvalue weighted by molar-refractivity contribution is -0.140. The Hall–Kier alpha value is -3.07. The molecule has 4 aliphatic rings. The van der Waals surface area contributed by atoms with Crippen LogP contribution in [0.25, 0.3) is 0 Å². The van der Waals surface area contributed by atoms with Crippen LogP contribution in [0.5, 0.6) is 5.75 Å². The first-order valence-corrected chi connectivity index (χ1v) is 18.1. The van der Waals surface area contributed by atoms with Crippen LogP contribution in [0.1, 0.15) is 83.3 Å². The topological polar surface area (TPSA) is 96.0 Å². The Morgan fingerprint density at radius 2 is 1.50 bits per heavy atom. The molecule has 9 heteroatoms. The maximum atomic E-state index is 14.1. The minimum atomic E-state index is -3.79. The third kappa shape index (κ3) is 6.93. The van der Waals surface area contributed by atoms with E-state index in [1.54, 1.807) is 7.11 Å². The van der Waals surface area contributed by atoms with Gasteiger partial charge in [-0.3, -0.25) is 13.9 Å². The molecule has 2 amide bonds. The Morgan fingerprint density at radius 3 is 1.98 bits per heavy atom. The van der Waals surface area contributed by atoms with Crippen molar-refractivity contribution in [3.05, 3.63) is 59.7 Å². The van der Waals surface area contributed by atoms with Crippen molar-refractivity contribution >= 4 is 27.5 Å². The Labute approximate surface area is 263 Å². The van der Waals surface area contributed by atoms with Crippen LogP contribution >= 0.6 is 0 Å². The average molecular weight is 624 g/mol. The van der Waals surface area contributed by atoms with Crippen LogP contribution in [0.4, 0.5) is 5.69 Å². The van der Waals surface area contributed by atoms with Crippen molar-refractivity contribution in [2.24, 2.45) is 17.8 Å². The average Bonchev–Trinajstić information content (AvgIpc) is 2.98. The van der Waals surface area contributed by atoms with E-state index in [-0.39, 0.29) is 23.9 Å². The summed E-state index contributed by atoms with van der Waals surface area (Å²) in [7, 11) is -2.20. The van der Waals surface area contributed by atoms with Crippen molar-refractivity contribution in [3.63, 3.8) is 0 Å². The predicted molar refractivity (Wildman–Crippen MR) is 174 cm³/mol. The molecule has 4 fully saturated rings. The summed E-state index contributed by atoms with van der Waals surface area (Å²) in [6.45, 7) is 5.56. The van der Waals surface area contributed by atoms with Gasteiger partial charge in [0.2, 0.25) is 21.8 Å². The zero-order valence-corrected chi connectivity index (χ0v) is 27.7. The molecule has 0 radical (unpaired) electrons. The van der Waals surface area contributed by atoms with Gasteiger partial charge in [0.25, 0.3) is 0 Å². The second-order valence-electron chi connectivity index (χ2n) is 13.6. The van der Waals surface area contributed by atoms with Crippen LogP contribution < -0.4 is 14.4 Å². The third-order valence-corrected chi connectivity index (χ3v) is 11.5. The van der Waals surface area contributed by atoms with Crippen LogP contribution in [0.15, 0.2) is 48.5 Å². The molecule has 2 aromatic rings. The summed E-state index contributed by atoms with van der Waals surface area (Å²) in [6, 6.07) is 14.5. The fourth-order valence-corrected chi connectivity index (χ4v) is 9.20. The number of hydrogen-bond donors (Lipinski definition) is 1. The molecule has 1 N–H and O–H groups in total. The minimum absolute atomic E-state index is 0.0468. The highest BCUT2D eigenvalue weighted by Gasteiger charge is 2.51. The quantitative estimate of drug-likeness (QED) is 0.311. The number of hydrogen-bond acceptors (Lipinski definition) is 5. The number of anilines is 1. The third-order valence-electron chi connectivity index (χ3n) is 10.4.